The molecule has 80 valence electrons. The van der Waals surface area contributed by atoms with Crippen LogP contribution in [0.3, 0.4) is 0 Å². The van der Waals surface area contributed by atoms with Gasteiger partial charge >= 0.3 is 8.80 Å². The van der Waals surface area contributed by atoms with Crippen LogP contribution < -0.4 is 0 Å². The highest BCUT2D eigenvalue weighted by molar-refractivity contribution is 7.16. The van der Waals surface area contributed by atoms with Crippen LogP contribution in [-0.2, 0) is 13.3 Å². The zero-order valence-corrected chi connectivity index (χ0v) is 11.4. The maximum absolute atomic E-state index is 5.44. The standard InChI is InChI=1S/C8H21O3PSi/c1-8(2,6-7-12)13(9-3,10-4)11-5/h6-7,12H2,1-5H3. The van der Waals surface area contributed by atoms with Gasteiger partial charge in [0.15, 0.2) is 0 Å². The summed E-state index contributed by atoms with van der Waals surface area (Å²) in [5.41, 5.74) is 0. The van der Waals surface area contributed by atoms with Crippen molar-refractivity contribution in [2.45, 2.75) is 25.3 Å². The smallest absolute Gasteiger partial charge is 0.377 e. The Morgan fingerprint density at radius 1 is 1.08 bits per heavy atom. The zero-order valence-electron chi connectivity index (χ0n) is 9.22. The Labute approximate surface area is 84.7 Å². The van der Waals surface area contributed by atoms with Crippen LogP contribution in [0, 0.1) is 0 Å². The van der Waals surface area contributed by atoms with E-state index >= 15 is 0 Å². The lowest BCUT2D eigenvalue weighted by molar-refractivity contribution is 0.0946. The highest BCUT2D eigenvalue weighted by atomic mass is 31.0. The highest BCUT2D eigenvalue weighted by Crippen LogP contribution is 2.41. The number of rotatable bonds is 6. The first kappa shape index (κ1) is 13.5. The Kier molecular flexibility index (Phi) is 5.64. The summed E-state index contributed by atoms with van der Waals surface area (Å²) in [4.78, 5) is 0. The van der Waals surface area contributed by atoms with Gasteiger partial charge in [-0.15, -0.1) is 9.24 Å². The van der Waals surface area contributed by atoms with E-state index in [0.717, 1.165) is 12.6 Å². The lowest BCUT2D eigenvalue weighted by Crippen LogP contribution is -2.52. The molecule has 0 saturated heterocycles. The third kappa shape index (κ3) is 2.74. The molecular formula is C8H21O3PSi. The minimum absolute atomic E-state index is 0.0347. The molecule has 0 aromatic carbocycles. The molecule has 0 rings (SSSR count). The van der Waals surface area contributed by atoms with Gasteiger partial charge in [-0.05, 0) is 12.6 Å². The molecule has 0 radical (unpaired) electrons. The van der Waals surface area contributed by atoms with Gasteiger partial charge in [0.05, 0.1) is 0 Å². The monoisotopic (exact) mass is 224 g/mol. The van der Waals surface area contributed by atoms with Crippen LogP contribution in [0.5, 0.6) is 0 Å². The molecular weight excluding hydrogens is 203 g/mol. The van der Waals surface area contributed by atoms with Gasteiger partial charge in [-0.25, -0.2) is 0 Å². The largest absolute Gasteiger partial charge is 0.506 e. The van der Waals surface area contributed by atoms with E-state index in [1.807, 2.05) is 0 Å². The van der Waals surface area contributed by atoms with Crippen molar-refractivity contribution in [3.63, 3.8) is 0 Å². The van der Waals surface area contributed by atoms with Crippen molar-refractivity contribution in [2.24, 2.45) is 0 Å². The molecule has 1 unspecified atom stereocenters. The van der Waals surface area contributed by atoms with Crippen molar-refractivity contribution in [1.82, 2.24) is 0 Å². The molecule has 0 aliphatic rings. The summed E-state index contributed by atoms with van der Waals surface area (Å²) in [6.07, 6.45) is 2.04. The maximum atomic E-state index is 5.44. The van der Waals surface area contributed by atoms with Gasteiger partial charge in [-0.3, -0.25) is 0 Å². The van der Waals surface area contributed by atoms with Gasteiger partial charge in [0.2, 0.25) is 0 Å². The molecule has 0 amide bonds. The van der Waals surface area contributed by atoms with Crippen molar-refractivity contribution >= 4 is 18.0 Å². The molecule has 1 atom stereocenters. The molecule has 0 heterocycles. The predicted octanol–water partition coefficient (Wildman–Crippen LogP) is 1.91. The van der Waals surface area contributed by atoms with E-state index in [1.165, 1.54) is 0 Å². The molecule has 0 saturated carbocycles. The number of hydrogen-bond acceptors (Lipinski definition) is 3. The van der Waals surface area contributed by atoms with Crippen LogP contribution in [0.25, 0.3) is 0 Å². The predicted molar refractivity (Wildman–Crippen MR) is 60.0 cm³/mol. The number of hydrogen-bond donors (Lipinski definition) is 0. The average molecular weight is 224 g/mol. The minimum Gasteiger partial charge on any atom is -0.377 e. The van der Waals surface area contributed by atoms with Crippen molar-refractivity contribution in [3.8, 4) is 0 Å². The van der Waals surface area contributed by atoms with E-state index in [9.17, 15) is 0 Å². The third-order valence-electron chi connectivity index (χ3n) is 2.40. The summed E-state index contributed by atoms with van der Waals surface area (Å²) in [7, 11) is 5.21. The third-order valence-corrected chi connectivity index (χ3v) is 6.21. The summed E-state index contributed by atoms with van der Waals surface area (Å²) in [6, 6.07) is 0. The summed E-state index contributed by atoms with van der Waals surface area (Å²) in [5.74, 6) is 0. The summed E-state index contributed by atoms with van der Waals surface area (Å²) in [6.45, 7) is 4.25. The first-order valence-electron chi connectivity index (χ1n) is 4.35. The maximum Gasteiger partial charge on any atom is 0.506 e. The Hall–Kier alpha value is 0.527. The lowest BCUT2D eigenvalue weighted by atomic mass is 10.1. The fourth-order valence-corrected chi connectivity index (χ4v) is 5.21. The average Bonchev–Trinajstić information content (AvgIpc) is 2.07. The Morgan fingerprint density at radius 2 is 1.46 bits per heavy atom. The van der Waals surface area contributed by atoms with E-state index in [4.69, 9.17) is 13.3 Å². The molecule has 13 heavy (non-hydrogen) atoms. The van der Waals surface area contributed by atoms with E-state index < -0.39 is 8.80 Å². The van der Waals surface area contributed by atoms with Gasteiger partial charge in [0.1, 0.15) is 0 Å². The Balaban J connectivity index is 4.68. The molecule has 0 spiro atoms. The Morgan fingerprint density at radius 3 is 1.69 bits per heavy atom. The second kappa shape index (κ2) is 5.42. The van der Waals surface area contributed by atoms with Crippen LogP contribution in [0.15, 0.2) is 0 Å². The van der Waals surface area contributed by atoms with E-state index in [2.05, 4.69) is 23.1 Å². The summed E-state index contributed by atoms with van der Waals surface area (Å²) < 4.78 is 16.3. The van der Waals surface area contributed by atoms with Crippen LogP contribution in [0.2, 0.25) is 5.04 Å². The minimum atomic E-state index is -2.48. The molecule has 0 aromatic rings. The van der Waals surface area contributed by atoms with Crippen molar-refractivity contribution < 1.29 is 13.3 Å². The van der Waals surface area contributed by atoms with Gasteiger partial charge < -0.3 is 13.3 Å². The second-order valence-electron chi connectivity index (χ2n) is 3.59. The fraction of sp³-hybridized carbons (Fsp3) is 1.00. The molecule has 0 bridgehead atoms. The first-order valence-corrected chi connectivity index (χ1v) is 6.89. The molecule has 3 nitrogen and oxygen atoms in total. The molecule has 0 fully saturated rings. The zero-order chi connectivity index (χ0) is 10.5. The molecule has 0 aliphatic carbocycles. The van der Waals surface area contributed by atoms with Gasteiger partial charge in [-0.1, -0.05) is 13.8 Å². The van der Waals surface area contributed by atoms with Crippen LogP contribution in [-0.4, -0.2) is 36.3 Å². The van der Waals surface area contributed by atoms with E-state index in [0.29, 0.717) is 0 Å². The van der Waals surface area contributed by atoms with Gasteiger partial charge in [0, 0.05) is 26.4 Å². The topological polar surface area (TPSA) is 27.7 Å². The van der Waals surface area contributed by atoms with E-state index in [1.54, 1.807) is 21.3 Å². The summed E-state index contributed by atoms with van der Waals surface area (Å²) in [5, 5.41) is -0.0347. The van der Waals surface area contributed by atoms with Crippen LogP contribution in [0.4, 0.5) is 0 Å². The molecule has 0 N–H and O–H groups in total. The SMILES string of the molecule is CO[Si](OC)(OC)C(C)(C)CCP. The van der Waals surface area contributed by atoms with Gasteiger partial charge in [0.25, 0.3) is 0 Å². The highest BCUT2D eigenvalue weighted by Gasteiger charge is 2.53. The Bertz CT molecular complexity index is 140. The normalized spacial score (nSPS) is 13.4. The van der Waals surface area contributed by atoms with Crippen molar-refractivity contribution in [2.75, 3.05) is 27.5 Å². The van der Waals surface area contributed by atoms with Crippen molar-refractivity contribution in [3.05, 3.63) is 0 Å². The quantitative estimate of drug-likeness (QED) is 0.509. The molecule has 0 aliphatic heterocycles. The second-order valence-corrected chi connectivity index (χ2v) is 7.86. The van der Waals surface area contributed by atoms with Crippen LogP contribution >= 0.6 is 9.24 Å². The molecule has 5 heteroatoms. The van der Waals surface area contributed by atoms with Crippen molar-refractivity contribution in [1.29, 1.82) is 0 Å². The summed E-state index contributed by atoms with van der Waals surface area (Å²) >= 11 is 0. The van der Waals surface area contributed by atoms with Gasteiger partial charge in [-0.2, -0.15) is 0 Å². The first-order chi connectivity index (χ1) is 5.99. The van der Waals surface area contributed by atoms with E-state index in [-0.39, 0.29) is 5.04 Å². The van der Waals surface area contributed by atoms with Crippen LogP contribution in [0.1, 0.15) is 20.3 Å². The lowest BCUT2D eigenvalue weighted by Gasteiger charge is -2.38. The molecule has 0 aromatic heterocycles. The fourth-order valence-electron chi connectivity index (χ4n) is 1.59.